The Morgan fingerprint density at radius 2 is 1.81 bits per heavy atom. The van der Waals surface area contributed by atoms with Crippen LogP contribution in [0.1, 0.15) is 48.5 Å². The van der Waals surface area contributed by atoms with E-state index in [2.05, 4.69) is 17.1 Å². The van der Waals surface area contributed by atoms with Crippen molar-refractivity contribution >= 4 is 5.91 Å². The number of methoxy groups -OCH3 is 2. The van der Waals surface area contributed by atoms with Gasteiger partial charge in [-0.25, -0.2) is 0 Å². The summed E-state index contributed by atoms with van der Waals surface area (Å²) in [5.74, 6) is 1.30. The third-order valence-corrected chi connectivity index (χ3v) is 5.80. The topological polar surface area (TPSA) is 60.0 Å². The number of hydrogen-bond acceptors (Lipinski definition) is 5. The van der Waals surface area contributed by atoms with Gasteiger partial charge in [-0.3, -0.25) is 4.79 Å². The van der Waals surface area contributed by atoms with Crippen LogP contribution in [0.2, 0.25) is 0 Å². The molecule has 1 aliphatic rings. The lowest BCUT2D eigenvalue weighted by Crippen LogP contribution is -2.39. The Bertz CT molecular complexity index is 816. The van der Waals surface area contributed by atoms with Crippen LogP contribution in [0.5, 0.6) is 17.2 Å². The van der Waals surface area contributed by atoms with Gasteiger partial charge in [-0.1, -0.05) is 36.8 Å². The average Bonchev–Trinajstić information content (AvgIpc) is 2.81. The van der Waals surface area contributed by atoms with E-state index >= 15 is 0 Å². The number of hydrogen-bond donors (Lipinski definition) is 1. The van der Waals surface area contributed by atoms with Crippen LogP contribution in [0.3, 0.4) is 0 Å². The van der Waals surface area contributed by atoms with E-state index in [1.54, 1.807) is 26.4 Å². The Balaban J connectivity index is 1.59. The molecule has 6 nitrogen and oxygen atoms in total. The number of rotatable bonds is 10. The first-order valence-electron chi connectivity index (χ1n) is 11.1. The molecule has 31 heavy (non-hydrogen) atoms. The van der Waals surface area contributed by atoms with Gasteiger partial charge in [0.1, 0.15) is 6.61 Å². The van der Waals surface area contributed by atoms with Crippen LogP contribution >= 0.6 is 0 Å². The van der Waals surface area contributed by atoms with Crippen LogP contribution in [-0.2, 0) is 6.61 Å². The highest BCUT2D eigenvalue weighted by Gasteiger charge is 2.19. The molecule has 1 amide bonds. The Kier molecular flexibility index (Phi) is 8.59. The van der Waals surface area contributed by atoms with E-state index in [0.717, 1.165) is 25.1 Å². The zero-order valence-electron chi connectivity index (χ0n) is 18.9. The molecule has 1 unspecified atom stereocenters. The molecule has 2 aromatic rings. The fraction of sp³-hybridized carbons (Fsp3) is 0.480. The SMILES string of the molecule is COc1cc(C(=O)NCCCN2CCCCC2C)cc(OC)c1OCc1ccccc1. The Hall–Kier alpha value is -2.73. The van der Waals surface area contributed by atoms with Gasteiger partial charge in [0.15, 0.2) is 11.5 Å². The van der Waals surface area contributed by atoms with Gasteiger partial charge in [0.25, 0.3) is 5.91 Å². The molecule has 1 aliphatic heterocycles. The molecule has 0 spiro atoms. The van der Waals surface area contributed by atoms with E-state index < -0.39 is 0 Å². The van der Waals surface area contributed by atoms with Crippen LogP contribution < -0.4 is 19.5 Å². The van der Waals surface area contributed by atoms with Crippen molar-refractivity contribution < 1.29 is 19.0 Å². The summed E-state index contributed by atoms with van der Waals surface area (Å²) in [6.07, 6.45) is 4.80. The van der Waals surface area contributed by atoms with Gasteiger partial charge < -0.3 is 24.4 Å². The summed E-state index contributed by atoms with van der Waals surface area (Å²) in [7, 11) is 3.12. The molecule has 1 saturated heterocycles. The Morgan fingerprint density at radius 1 is 1.10 bits per heavy atom. The summed E-state index contributed by atoms with van der Waals surface area (Å²) < 4.78 is 16.9. The molecule has 168 valence electrons. The monoisotopic (exact) mass is 426 g/mol. The minimum absolute atomic E-state index is 0.141. The van der Waals surface area contributed by atoms with Gasteiger partial charge >= 0.3 is 0 Å². The number of carbonyl (C=O) groups excluding carboxylic acids is 1. The molecule has 0 radical (unpaired) electrons. The number of likely N-dealkylation sites (tertiary alicyclic amines) is 1. The molecule has 2 aromatic carbocycles. The smallest absolute Gasteiger partial charge is 0.251 e. The second-order valence-corrected chi connectivity index (χ2v) is 7.97. The van der Waals surface area contributed by atoms with Crippen molar-refractivity contribution in [2.45, 2.75) is 45.3 Å². The molecule has 1 heterocycles. The molecule has 0 saturated carbocycles. The number of carbonyl (C=O) groups is 1. The first-order chi connectivity index (χ1) is 15.1. The van der Waals surface area contributed by atoms with Crippen molar-refractivity contribution in [1.29, 1.82) is 0 Å². The van der Waals surface area contributed by atoms with Gasteiger partial charge in [-0.2, -0.15) is 0 Å². The molecule has 1 fully saturated rings. The molecule has 3 rings (SSSR count). The highest BCUT2D eigenvalue weighted by atomic mass is 16.5. The number of amides is 1. The maximum atomic E-state index is 12.7. The summed E-state index contributed by atoms with van der Waals surface area (Å²) >= 11 is 0. The molecule has 0 bridgehead atoms. The zero-order valence-corrected chi connectivity index (χ0v) is 18.9. The van der Waals surface area contributed by atoms with Gasteiger partial charge in [0, 0.05) is 24.7 Å². The minimum Gasteiger partial charge on any atom is -0.493 e. The average molecular weight is 427 g/mol. The predicted molar refractivity (Wildman–Crippen MR) is 122 cm³/mol. The third-order valence-electron chi connectivity index (χ3n) is 5.80. The highest BCUT2D eigenvalue weighted by molar-refractivity contribution is 5.95. The maximum Gasteiger partial charge on any atom is 0.251 e. The summed E-state index contributed by atoms with van der Waals surface area (Å²) in [6, 6.07) is 13.9. The third kappa shape index (κ3) is 6.37. The molecule has 0 aromatic heterocycles. The van der Waals surface area contributed by atoms with Crippen molar-refractivity contribution in [3.8, 4) is 17.2 Å². The largest absolute Gasteiger partial charge is 0.493 e. The lowest BCUT2D eigenvalue weighted by atomic mass is 10.0. The van der Waals surface area contributed by atoms with E-state index in [1.165, 1.54) is 19.3 Å². The molecule has 1 N–H and O–H groups in total. The van der Waals surface area contributed by atoms with Crippen molar-refractivity contribution in [2.24, 2.45) is 0 Å². The fourth-order valence-corrected chi connectivity index (χ4v) is 3.96. The lowest BCUT2D eigenvalue weighted by Gasteiger charge is -2.33. The van der Waals surface area contributed by atoms with Crippen LogP contribution in [0.4, 0.5) is 0 Å². The number of nitrogens with zero attached hydrogens (tertiary/aromatic N) is 1. The van der Waals surface area contributed by atoms with Crippen LogP contribution in [0.25, 0.3) is 0 Å². The van der Waals surface area contributed by atoms with Gasteiger partial charge in [-0.15, -0.1) is 0 Å². The van der Waals surface area contributed by atoms with Crippen molar-refractivity contribution in [1.82, 2.24) is 10.2 Å². The van der Waals surface area contributed by atoms with Crippen molar-refractivity contribution in [2.75, 3.05) is 33.9 Å². The molecule has 0 aliphatic carbocycles. The van der Waals surface area contributed by atoms with E-state index in [9.17, 15) is 4.79 Å². The molecule has 1 atom stereocenters. The van der Waals surface area contributed by atoms with Crippen molar-refractivity contribution in [3.05, 3.63) is 53.6 Å². The van der Waals surface area contributed by atoms with E-state index in [0.29, 0.717) is 42.0 Å². The first kappa shape index (κ1) is 22.9. The second kappa shape index (κ2) is 11.6. The van der Waals surface area contributed by atoms with Crippen molar-refractivity contribution in [3.63, 3.8) is 0 Å². The quantitative estimate of drug-likeness (QED) is 0.575. The highest BCUT2D eigenvalue weighted by Crippen LogP contribution is 2.39. The standard InChI is InChI=1S/C25H34N2O4/c1-19-10-7-8-14-27(19)15-9-13-26-25(28)21-16-22(29-2)24(23(17-21)30-3)31-18-20-11-5-4-6-12-20/h4-6,11-12,16-17,19H,7-10,13-15,18H2,1-3H3,(H,26,28). The van der Waals surface area contributed by atoms with E-state index in [-0.39, 0.29) is 5.91 Å². The van der Waals surface area contributed by atoms with Gasteiger partial charge in [0.05, 0.1) is 14.2 Å². The summed E-state index contributed by atoms with van der Waals surface area (Å²) in [5, 5.41) is 3.02. The summed E-state index contributed by atoms with van der Waals surface area (Å²) in [6.45, 7) is 5.49. The first-order valence-corrected chi connectivity index (χ1v) is 11.1. The predicted octanol–water partition coefficient (Wildman–Crippen LogP) is 4.28. The van der Waals surface area contributed by atoms with Gasteiger partial charge in [-0.05, 0) is 50.4 Å². The second-order valence-electron chi connectivity index (χ2n) is 7.97. The Morgan fingerprint density at radius 3 is 2.45 bits per heavy atom. The number of ether oxygens (including phenoxy) is 3. The molecule has 6 heteroatoms. The maximum absolute atomic E-state index is 12.7. The van der Waals surface area contributed by atoms with E-state index in [4.69, 9.17) is 14.2 Å². The number of piperidine rings is 1. The normalized spacial score (nSPS) is 16.5. The van der Waals surface area contributed by atoms with E-state index in [1.807, 2.05) is 30.3 Å². The van der Waals surface area contributed by atoms with Crippen LogP contribution in [0.15, 0.2) is 42.5 Å². The summed E-state index contributed by atoms with van der Waals surface area (Å²) in [4.78, 5) is 15.2. The molecular formula is C25H34N2O4. The number of nitrogens with one attached hydrogen (secondary N) is 1. The lowest BCUT2D eigenvalue weighted by molar-refractivity contribution is 0.0948. The van der Waals surface area contributed by atoms with Crippen LogP contribution in [0, 0.1) is 0 Å². The fourth-order valence-electron chi connectivity index (χ4n) is 3.96. The van der Waals surface area contributed by atoms with Gasteiger partial charge in [0.2, 0.25) is 5.75 Å². The summed E-state index contributed by atoms with van der Waals surface area (Å²) in [5.41, 5.74) is 1.53. The van der Waals surface area contributed by atoms with Crippen LogP contribution in [-0.4, -0.2) is 50.7 Å². The molecular weight excluding hydrogens is 392 g/mol. The number of benzene rings is 2. The Labute approximate surface area is 185 Å². The minimum atomic E-state index is -0.141. The zero-order chi connectivity index (χ0) is 22.1.